The summed E-state index contributed by atoms with van der Waals surface area (Å²) in [6.07, 6.45) is 0.310. The lowest BCUT2D eigenvalue weighted by atomic mass is 10.1. The molecule has 14 heavy (non-hydrogen) atoms. The molecule has 0 aromatic heterocycles. The van der Waals surface area contributed by atoms with E-state index < -0.39 is 10.0 Å². The molecule has 0 heterocycles. The minimum Gasteiger partial charge on any atom is -0.387 e. The molecule has 1 rings (SSSR count). The summed E-state index contributed by atoms with van der Waals surface area (Å²) in [5.74, 6) is 0.0355. The van der Waals surface area contributed by atoms with E-state index in [4.69, 9.17) is 16.3 Å². The van der Waals surface area contributed by atoms with Gasteiger partial charge in [-0.25, -0.2) is 13.6 Å². The number of rotatable bonds is 3. The van der Waals surface area contributed by atoms with E-state index in [2.05, 4.69) is 0 Å². The zero-order chi connectivity index (χ0) is 10.8. The molecular formula is C8H11N3O2S. The maximum atomic E-state index is 10.9. The topological polar surface area (TPSA) is 110 Å². The summed E-state index contributed by atoms with van der Waals surface area (Å²) in [6, 6.07) is 5.96. The molecule has 0 aliphatic carbocycles. The molecule has 76 valence electrons. The Kier molecular flexibility index (Phi) is 2.87. The van der Waals surface area contributed by atoms with Crippen molar-refractivity contribution in [2.75, 3.05) is 0 Å². The number of sulfonamides is 1. The largest absolute Gasteiger partial charge is 0.387 e. The van der Waals surface area contributed by atoms with Gasteiger partial charge >= 0.3 is 0 Å². The Hall–Kier alpha value is -1.40. The highest BCUT2D eigenvalue weighted by Crippen LogP contribution is 2.08. The van der Waals surface area contributed by atoms with Crippen molar-refractivity contribution in [2.24, 2.45) is 10.9 Å². The van der Waals surface area contributed by atoms with E-state index in [1.54, 1.807) is 12.1 Å². The quantitative estimate of drug-likeness (QED) is 0.478. The van der Waals surface area contributed by atoms with Gasteiger partial charge in [-0.1, -0.05) is 12.1 Å². The summed E-state index contributed by atoms with van der Waals surface area (Å²) in [5.41, 5.74) is 5.97. The second-order valence-corrected chi connectivity index (χ2v) is 4.45. The van der Waals surface area contributed by atoms with Crippen LogP contribution in [0.2, 0.25) is 0 Å². The molecule has 6 heteroatoms. The molecule has 0 unspecified atom stereocenters. The van der Waals surface area contributed by atoms with Gasteiger partial charge in [-0.05, 0) is 17.7 Å². The average molecular weight is 213 g/mol. The van der Waals surface area contributed by atoms with Crippen LogP contribution in [-0.2, 0) is 16.4 Å². The van der Waals surface area contributed by atoms with Gasteiger partial charge in [-0.2, -0.15) is 0 Å². The highest BCUT2D eigenvalue weighted by Gasteiger charge is 2.06. The van der Waals surface area contributed by atoms with Crippen LogP contribution >= 0.6 is 0 Å². The molecule has 5 N–H and O–H groups in total. The first-order chi connectivity index (χ1) is 6.39. The van der Waals surface area contributed by atoms with E-state index in [1.165, 1.54) is 12.1 Å². The third kappa shape index (κ3) is 2.82. The van der Waals surface area contributed by atoms with Crippen molar-refractivity contribution >= 4 is 15.9 Å². The normalized spacial score (nSPS) is 11.2. The standard InChI is InChI=1S/C8H11N3O2S/c9-8(10)5-6-1-3-7(4-2-6)14(11,12)13/h1-4H,5H2,(H3,9,10)(H2,11,12,13). The molecule has 0 atom stereocenters. The number of benzene rings is 1. The molecule has 0 aliphatic heterocycles. The lowest BCUT2D eigenvalue weighted by molar-refractivity contribution is 0.598. The third-order valence-corrected chi connectivity index (χ3v) is 2.58. The zero-order valence-corrected chi connectivity index (χ0v) is 8.21. The van der Waals surface area contributed by atoms with E-state index in [-0.39, 0.29) is 10.7 Å². The molecule has 0 spiro atoms. The van der Waals surface area contributed by atoms with Crippen LogP contribution in [0.1, 0.15) is 5.56 Å². The Morgan fingerprint density at radius 3 is 2.14 bits per heavy atom. The predicted molar refractivity (Wildman–Crippen MR) is 53.4 cm³/mol. The first-order valence-electron chi connectivity index (χ1n) is 3.84. The molecule has 0 radical (unpaired) electrons. The molecule has 0 saturated carbocycles. The number of hydrogen-bond acceptors (Lipinski definition) is 3. The maximum Gasteiger partial charge on any atom is 0.238 e. The summed E-state index contributed by atoms with van der Waals surface area (Å²) in [4.78, 5) is 0.0600. The van der Waals surface area contributed by atoms with Gasteiger partial charge in [0.15, 0.2) is 0 Å². The second-order valence-electron chi connectivity index (χ2n) is 2.89. The van der Waals surface area contributed by atoms with E-state index in [0.717, 1.165) is 5.56 Å². The van der Waals surface area contributed by atoms with E-state index >= 15 is 0 Å². The molecule has 0 amide bonds. The van der Waals surface area contributed by atoms with E-state index in [9.17, 15) is 8.42 Å². The molecule has 0 saturated heterocycles. The summed E-state index contributed by atoms with van der Waals surface area (Å²) >= 11 is 0. The molecular weight excluding hydrogens is 202 g/mol. The molecule has 5 nitrogen and oxygen atoms in total. The number of primary sulfonamides is 1. The summed E-state index contributed by atoms with van der Waals surface area (Å²) in [6.45, 7) is 0. The van der Waals surface area contributed by atoms with Crippen molar-refractivity contribution in [3.8, 4) is 0 Å². The SMILES string of the molecule is N=C(N)Cc1ccc(S(N)(=O)=O)cc1. The molecule has 0 aliphatic rings. The van der Waals surface area contributed by atoms with E-state index in [1.807, 2.05) is 0 Å². The fourth-order valence-corrected chi connectivity index (χ4v) is 1.53. The minimum absolute atomic E-state index is 0.0355. The molecule has 0 bridgehead atoms. The van der Waals surface area contributed by atoms with Crippen molar-refractivity contribution < 1.29 is 8.42 Å². The van der Waals surface area contributed by atoms with Crippen LogP contribution in [-0.4, -0.2) is 14.3 Å². The van der Waals surface area contributed by atoms with E-state index in [0.29, 0.717) is 6.42 Å². The Labute approximate surface area is 82.3 Å². The first kappa shape index (κ1) is 10.7. The smallest absolute Gasteiger partial charge is 0.238 e. The fraction of sp³-hybridized carbons (Fsp3) is 0.125. The lowest BCUT2D eigenvalue weighted by Crippen LogP contribution is -2.14. The number of amidine groups is 1. The van der Waals surface area contributed by atoms with Crippen LogP contribution < -0.4 is 10.9 Å². The van der Waals surface area contributed by atoms with Gasteiger partial charge in [-0.15, -0.1) is 0 Å². The average Bonchev–Trinajstić information content (AvgIpc) is 2.02. The highest BCUT2D eigenvalue weighted by molar-refractivity contribution is 7.89. The second kappa shape index (κ2) is 3.77. The fourth-order valence-electron chi connectivity index (χ4n) is 1.02. The number of nitrogens with two attached hydrogens (primary N) is 2. The zero-order valence-electron chi connectivity index (χ0n) is 7.40. The third-order valence-electron chi connectivity index (χ3n) is 1.65. The Bertz CT molecular complexity index is 436. The van der Waals surface area contributed by atoms with Gasteiger partial charge in [0.2, 0.25) is 10.0 Å². The van der Waals surface area contributed by atoms with Crippen molar-refractivity contribution in [3.05, 3.63) is 29.8 Å². The maximum absolute atomic E-state index is 10.9. The van der Waals surface area contributed by atoms with Crippen LogP contribution in [0.25, 0.3) is 0 Å². The first-order valence-corrected chi connectivity index (χ1v) is 5.39. The summed E-state index contributed by atoms with van der Waals surface area (Å²) in [7, 11) is -3.63. The Balaban J connectivity index is 2.95. The monoisotopic (exact) mass is 213 g/mol. The van der Waals surface area contributed by atoms with Gasteiger partial charge in [-0.3, -0.25) is 5.41 Å². The lowest BCUT2D eigenvalue weighted by Gasteiger charge is -2.01. The van der Waals surface area contributed by atoms with Crippen molar-refractivity contribution in [2.45, 2.75) is 11.3 Å². The van der Waals surface area contributed by atoms with Gasteiger partial charge in [0.25, 0.3) is 0 Å². The van der Waals surface area contributed by atoms with Crippen molar-refractivity contribution in [1.29, 1.82) is 5.41 Å². The van der Waals surface area contributed by atoms with Gasteiger partial charge in [0.05, 0.1) is 10.7 Å². The molecule has 1 aromatic rings. The Morgan fingerprint density at radius 2 is 1.79 bits per heavy atom. The van der Waals surface area contributed by atoms with Crippen LogP contribution in [0, 0.1) is 5.41 Å². The van der Waals surface area contributed by atoms with Gasteiger partial charge in [0.1, 0.15) is 0 Å². The summed E-state index contributed by atoms with van der Waals surface area (Å²) < 4.78 is 21.8. The minimum atomic E-state index is -3.63. The van der Waals surface area contributed by atoms with Crippen molar-refractivity contribution in [3.63, 3.8) is 0 Å². The van der Waals surface area contributed by atoms with Crippen LogP contribution in [0.5, 0.6) is 0 Å². The number of hydrogen-bond donors (Lipinski definition) is 3. The Morgan fingerprint density at radius 1 is 1.29 bits per heavy atom. The van der Waals surface area contributed by atoms with Gasteiger partial charge < -0.3 is 5.73 Å². The highest BCUT2D eigenvalue weighted by atomic mass is 32.2. The van der Waals surface area contributed by atoms with Crippen LogP contribution in [0.4, 0.5) is 0 Å². The van der Waals surface area contributed by atoms with Crippen LogP contribution in [0.15, 0.2) is 29.2 Å². The van der Waals surface area contributed by atoms with Crippen LogP contribution in [0.3, 0.4) is 0 Å². The van der Waals surface area contributed by atoms with Gasteiger partial charge in [0, 0.05) is 6.42 Å². The summed E-state index contributed by atoms with van der Waals surface area (Å²) in [5, 5.41) is 12.0. The number of nitrogens with one attached hydrogen (secondary N) is 1. The van der Waals surface area contributed by atoms with Crippen molar-refractivity contribution in [1.82, 2.24) is 0 Å². The predicted octanol–water partition coefficient (Wildman–Crippen LogP) is -0.188. The molecule has 1 aromatic carbocycles. The molecule has 0 fully saturated rings.